The molecule has 0 heterocycles. The second-order valence-electron chi connectivity index (χ2n) is 21.3. The first-order valence-corrected chi connectivity index (χ1v) is 31.5. The quantitative estimate of drug-likeness (QED) is 0.0261. The number of rotatable bonds is 58. The molecule has 1 atom stereocenters. The lowest BCUT2D eigenvalue weighted by Gasteiger charge is -2.18. The monoisotopic (exact) mass is 997 g/mol. The second-order valence-corrected chi connectivity index (χ2v) is 21.3. The maximum Gasteiger partial charge on any atom is 0.306 e. The highest BCUT2D eigenvalue weighted by atomic mass is 16.6. The Morgan fingerprint density at radius 3 is 0.845 bits per heavy atom. The molecule has 0 amide bonds. The van der Waals surface area contributed by atoms with Gasteiger partial charge >= 0.3 is 17.9 Å². The van der Waals surface area contributed by atoms with E-state index in [-0.39, 0.29) is 31.1 Å². The van der Waals surface area contributed by atoms with Gasteiger partial charge in [-0.25, -0.2) is 0 Å². The van der Waals surface area contributed by atoms with Crippen LogP contribution < -0.4 is 0 Å². The first kappa shape index (κ1) is 68.6. The molecule has 416 valence electrons. The van der Waals surface area contributed by atoms with E-state index in [1.54, 1.807) is 0 Å². The molecule has 0 saturated heterocycles. The van der Waals surface area contributed by atoms with Crippen LogP contribution in [0.25, 0.3) is 0 Å². The third-order valence-corrected chi connectivity index (χ3v) is 14.1. The van der Waals surface area contributed by atoms with Crippen LogP contribution in [0.1, 0.15) is 342 Å². The van der Waals surface area contributed by atoms with Crippen molar-refractivity contribution in [1.29, 1.82) is 0 Å². The van der Waals surface area contributed by atoms with Gasteiger partial charge in [-0.1, -0.05) is 288 Å². The van der Waals surface area contributed by atoms with E-state index >= 15 is 0 Å². The standard InChI is InChI=1S/C65H120O6/c1-4-7-10-13-16-19-22-25-27-29-30-31-32-33-34-36-37-40-43-46-49-52-55-58-64(67)70-61-62(60-69-63(66)57-54-51-48-45-42-39-24-21-18-15-12-9-6-3)71-65(68)59-56-53-50-47-44-41-38-35-28-26-23-20-17-14-11-8-5-2/h12,15,21,24,26,28,62H,4-11,13-14,16-20,22-23,25,27,29-61H2,1-3H3/b15-12-,24-21-,28-26-. The molecular formula is C65H120O6. The summed E-state index contributed by atoms with van der Waals surface area (Å²) in [6.07, 6.45) is 73.0. The van der Waals surface area contributed by atoms with Gasteiger partial charge in [-0.15, -0.1) is 0 Å². The molecule has 0 fully saturated rings. The van der Waals surface area contributed by atoms with Crippen molar-refractivity contribution in [2.75, 3.05) is 13.2 Å². The Morgan fingerprint density at radius 1 is 0.282 bits per heavy atom. The third kappa shape index (κ3) is 58.4. The summed E-state index contributed by atoms with van der Waals surface area (Å²) in [4.78, 5) is 38.2. The predicted molar refractivity (Wildman–Crippen MR) is 307 cm³/mol. The highest BCUT2D eigenvalue weighted by molar-refractivity contribution is 5.71. The SMILES string of the molecule is CCC/C=C\C/C=C\CCCCCCCC(=O)OCC(COC(=O)CCCCCCCCCCCCCCCCCCCCCCCCC)OC(=O)CCCCCCCCC/C=C\CCCCCCCC. The molecule has 0 spiro atoms. The van der Waals surface area contributed by atoms with E-state index in [1.165, 1.54) is 218 Å². The summed E-state index contributed by atoms with van der Waals surface area (Å²) in [6.45, 7) is 6.61. The van der Waals surface area contributed by atoms with Crippen LogP contribution in [0.3, 0.4) is 0 Å². The normalized spacial score (nSPS) is 12.2. The van der Waals surface area contributed by atoms with Crippen molar-refractivity contribution in [3.05, 3.63) is 36.5 Å². The van der Waals surface area contributed by atoms with Crippen LogP contribution in [-0.4, -0.2) is 37.2 Å². The Labute approximate surface area is 442 Å². The van der Waals surface area contributed by atoms with Gasteiger partial charge in [-0.05, 0) is 70.6 Å². The Balaban J connectivity index is 4.26. The summed E-state index contributed by atoms with van der Waals surface area (Å²) >= 11 is 0. The first-order chi connectivity index (χ1) is 35.0. The van der Waals surface area contributed by atoms with Gasteiger partial charge in [-0.2, -0.15) is 0 Å². The molecule has 6 heteroatoms. The van der Waals surface area contributed by atoms with E-state index in [4.69, 9.17) is 14.2 Å². The third-order valence-electron chi connectivity index (χ3n) is 14.1. The first-order valence-electron chi connectivity index (χ1n) is 31.5. The lowest BCUT2D eigenvalue weighted by Crippen LogP contribution is -2.30. The summed E-state index contributed by atoms with van der Waals surface area (Å²) in [5.41, 5.74) is 0. The van der Waals surface area contributed by atoms with E-state index < -0.39 is 6.10 Å². The highest BCUT2D eigenvalue weighted by Crippen LogP contribution is 2.17. The number of carbonyl (C=O) groups is 3. The Hall–Kier alpha value is -2.37. The van der Waals surface area contributed by atoms with Crippen molar-refractivity contribution >= 4 is 17.9 Å². The molecule has 0 N–H and O–H groups in total. The fourth-order valence-electron chi connectivity index (χ4n) is 9.36. The van der Waals surface area contributed by atoms with Gasteiger partial charge in [0.15, 0.2) is 6.10 Å². The molecule has 0 rings (SSSR count). The van der Waals surface area contributed by atoms with Crippen LogP contribution >= 0.6 is 0 Å². The van der Waals surface area contributed by atoms with E-state index in [0.717, 1.165) is 83.5 Å². The number of esters is 3. The number of carbonyl (C=O) groups excluding carboxylic acids is 3. The molecule has 71 heavy (non-hydrogen) atoms. The molecule has 0 saturated carbocycles. The average Bonchev–Trinajstić information content (AvgIpc) is 3.37. The van der Waals surface area contributed by atoms with Gasteiger partial charge in [0.25, 0.3) is 0 Å². The lowest BCUT2D eigenvalue weighted by molar-refractivity contribution is -0.167. The van der Waals surface area contributed by atoms with Gasteiger partial charge in [0, 0.05) is 19.3 Å². The Kier molecular flexibility index (Phi) is 58.2. The lowest BCUT2D eigenvalue weighted by atomic mass is 10.0. The Morgan fingerprint density at radius 2 is 0.535 bits per heavy atom. The molecule has 0 aromatic rings. The van der Waals surface area contributed by atoms with E-state index in [2.05, 4.69) is 57.2 Å². The zero-order valence-corrected chi connectivity index (χ0v) is 47.8. The molecule has 1 unspecified atom stereocenters. The zero-order chi connectivity index (χ0) is 51.4. The molecule has 0 aliphatic heterocycles. The van der Waals surface area contributed by atoms with Gasteiger partial charge < -0.3 is 14.2 Å². The minimum atomic E-state index is -0.778. The highest BCUT2D eigenvalue weighted by Gasteiger charge is 2.19. The average molecular weight is 998 g/mol. The minimum absolute atomic E-state index is 0.0745. The molecule has 0 aliphatic carbocycles. The van der Waals surface area contributed by atoms with Crippen LogP contribution in [0.2, 0.25) is 0 Å². The van der Waals surface area contributed by atoms with Crippen LogP contribution in [0.15, 0.2) is 36.5 Å². The van der Waals surface area contributed by atoms with Crippen molar-refractivity contribution in [1.82, 2.24) is 0 Å². The number of allylic oxidation sites excluding steroid dienone is 6. The molecule has 0 radical (unpaired) electrons. The molecule has 0 aliphatic rings. The van der Waals surface area contributed by atoms with Crippen LogP contribution in [0.4, 0.5) is 0 Å². The fourth-order valence-corrected chi connectivity index (χ4v) is 9.36. The molecule has 0 aromatic heterocycles. The Bertz CT molecular complexity index is 1190. The van der Waals surface area contributed by atoms with Crippen LogP contribution in [-0.2, 0) is 28.6 Å². The van der Waals surface area contributed by atoms with E-state index in [9.17, 15) is 14.4 Å². The van der Waals surface area contributed by atoms with Gasteiger partial charge in [-0.3, -0.25) is 14.4 Å². The van der Waals surface area contributed by atoms with Crippen molar-refractivity contribution in [3.8, 4) is 0 Å². The maximum atomic E-state index is 12.9. The molecule has 6 nitrogen and oxygen atoms in total. The van der Waals surface area contributed by atoms with Gasteiger partial charge in [0.05, 0.1) is 0 Å². The number of hydrogen-bond donors (Lipinski definition) is 0. The largest absolute Gasteiger partial charge is 0.462 e. The summed E-state index contributed by atoms with van der Waals surface area (Å²) < 4.78 is 16.9. The van der Waals surface area contributed by atoms with Crippen molar-refractivity contribution in [3.63, 3.8) is 0 Å². The van der Waals surface area contributed by atoms with Crippen molar-refractivity contribution in [2.45, 2.75) is 348 Å². The van der Waals surface area contributed by atoms with Crippen molar-refractivity contribution < 1.29 is 28.6 Å². The fraction of sp³-hybridized carbons (Fsp3) is 0.862. The number of unbranched alkanes of at least 4 members (excludes halogenated alkanes) is 41. The van der Waals surface area contributed by atoms with E-state index in [1.807, 2.05) is 0 Å². The number of ether oxygens (including phenoxy) is 3. The summed E-state index contributed by atoms with van der Waals surface area (Å²) in [7, 11) is 0. The maximum absolute atomic E-state index is 12.9. The van der Waals surface area contributed by atoms with Crippen molar-refractivity contribution in [2.24, 2.45) is 0 Å². The van der Waals surface area contributed by atoms with Gasteiger partial charge in [0.2, 0.25) is 0 Å². The smallest absolute Gasteiger partial charge is 0.306 e. The summed E-state index contributed by atoms with van der Waals surface area (Å²) in [5, 5.41) is 0. The summed E-state index contributed by atoms with van der Waals surface area (Å²) in [5.74, 6) is -0.873. The summed E-state index contributed by atoms with van der Waals surface area (Å²) in [6, 6.07) is 0. The van der Waals surface area contributed by atoms with Gasteiger partial charge in [0.1, 0.15) is 13.2 Å². The van der Waals surface area contributed by atoms with Crippen LogP contribution in [0.5, 0.6) is 0 Å². The topological polar surface area (TPSA) is 78.9 Å². The molecular weight excluding hydrogens is 877 g/mol. The van der Waals surface area contributed by atoms with E-state index in [0.29, 0.717) is 19.3 Å². The predicted octanol–water partition coefficient (Wildman–Crippen LogP) is 21.2. The minimum Gasteiger partial charge on any atom is -0.462 e. The zero-order valence-electron chi connectivity index (χ0n) is 47.8. The van der Waals surface area contributed by atoms with Crippen LogP contribution in [0, 0.1) is 0 Å². The molecule has 0 bridgehead atoms. The second kappa shape index (κ2) is 60.2. The number of hydrogen-bond acceptors (Lipinski definition) is 6. The molecule has 0 aromatic carbocycles.